The number of hydrogen-bond donors (Lipinski definition) is 2. The molecule has 0 heterocycles. The van der Waals surface area contributed by atoms with Gasteiger partial charge in [0.2, 0.25) is 10.9 Å². The van der Waals surface area contributed by atoms with Crippen LogP contribution in [0.25, 0.3) is 0 Å². The van der Waals surface area contributed by atoms with Crippen LogP contribution in [0.4, 0.5) is 0 Å². The van der Waals surface area contributed by atoms with Gasteiger partial charge in [0.15, 0.2) is 0 Å². The SMILES string of the molecule is CCC(CC)N[SH](=O)=O.[Na]. The fraction of sp³-hybridized carbons (Fsp3) is 1.00. The summed E-state index contributed by atoms with van der Waals surface area (Å²) in [6.45, 7) is 3.92. The molecule has 0 aromatic heterocycles. The van der Waals surface area contributed by atoms with Crippen LogP contribution in [0.15, 0.2) is 0 Å². The standard InChI is InChI=1S/C5H13NO2S.Na/c1-3-5(4-2)6-9(7)8;/h5,9H,3-4H2,1-2H3,(H,6,7,8);. The van der Waals surface area contributed by atoms with Gasteiger partial charge < -0.3 is 0 Å². The van der Waals surface area contributed by atoms with Gasteiger partial charge in [-0.15, -0.1) is 0 Å². The summed E-state index contributed by atoms with van der Waals surface area (Å²) in [5.74, 6) is 0. The van der Waals surface area contributed by atoms with Crippen LogP contribution in [-0.4, -0.2) is 44.0 Å². The number of nitrogens with one attached hydrogen (secondary N) is 1. The molecule has 0 aliphatic rings. The fourth-order valence-electron chi connectivity index (χ4n) is 0.620. The summed E-state index contributed by atoms with van der Waals surface area (Å²) in [6.07, 6.45) is 1.72. The van der Waals surface area contributed by atoms with Crippen LogP contribution in [0.5, 0.6) is 0 Å². The zero-order chi connectivity index (χ0) is 7.28. The van der Waals surface area contributed by atoms with Gasteiger partial charge in [0.1, 0.15) is 0 Å². The molecule has 1 N–H and O–H groups in total. The van der Waals surface area contributed by atoms with Crippen LogP contribution >= 0.6 is 0 Å². The van der Waals surface area contributed by atoms with Gasteiger partial charge in [-0.2, -0.15) is 0 Å². The van der Waals surface area contributed by atoms with Crippen LogP contribution in [-0.2, 0) is 10.9 Å². The van der Waals surface area contributed by atoms with Crippen molar-refractivity contribution in [3.8, 4) is 0 Å². The summed E-state index contributed by atoms with van der Waals surface area (Å²) in [7, 11) is -2.40. The summed E-state index contributed by atoms with van der Waals surface area (Å²) >= 11 is 0. The Balaban J connectivity index is 0. The third-order valence-corrected chi connectivity index (χ3v) is 1.85. The van der Waals surface area contributed by atoms with E-state index in [1.165, 1.54) is 0 Å². The normalized spacial score (nSPS) is 10.0. The van der Waals surface area contributed by atoms with E-state index in [1.54, 1.807) is 0 Å². The average Bonchev–Trinajstić information content (AvgIpc) is 1.82. The molecule has 1 radical (unpaired) electrons. The average molecular weight is 174 g/mol. The molecule has 0 atom stereocenters. The van der Waals surface area contributed by atoms with Gasteiger partial charge >= 0.3 is 0 Å². The third-order valence-electron chi connectivity index (χ3n) is 1.27. The van der Waals surface area contributed by atoms with Crippen LogP contribution in [0.1, 0.15) is 26.7 Å². The molecular weight excluding hydrogens is 161 g/mol. The van der Waals surface area contributed by atoms with Gasteiger partial charge in [-0.25, -0.2) is 13.1 Å². The topological polar surface area (TPSA) is 46.2 Å². The van der Waals surface area contributed by atoms with Crippen LogP contribution in [0.3, 0.4) is 0 Å². The van der Waals surface area contributed by atoms with Crippen molar-refractivity contribution in [1.29, 1.82) is 0 Å². The molecule has 0 spiro atoms. The molecule has 57 valence electrons. The first-order valence-electron chi connectivity index (χ1n) is 3.11. The Bertz CT molecular complexity index is 126. The Morgan fingerprint density at radius 3 is 1.80 bits per heavy atom. The third kappa shape index (κ3) is 7.02. The quantitative estimate of drug-likeness (QED) is 0.462. The second kappa shape index (κ2) is 8.01. The molecule has 0 saturated carbocycles. The van der Waals surface area contributed by atoms with Gasteiger partial charge in [0, 0.05) is 35.6 Å². The minimum Gasteiger partial charge on any atom is -0.216 e. The molecule has 0 unspecified atom stereocenters. The molecule has 0 aliphatic heterocycles. The Morgan fingerprint density at radius 2 is 1.70 bits per heavy atom. The molecule has 3 nitrogen and oxygen atoms in total. The molecule has 0 amide bonds. The molecule has 0 saturated heterocycles. The van der Waals surface area contributed by atoms with E-state index in [0.717, 1.165) is 12.8 Å². The van der Waals surface area contributed by atoms with Crippen molar-refractivity contribution < 1.29 is 8.42 Å². The van der Waals surface area contributed by atoms with Gasteiger partial charge in [0.25, 0.3) is 0 Å². The van der Waals surface area contributed by atoms with Gasteiger partial charge in [0.05, 0.1) is 0 Å². The van der Waals surface area contributed by atoms with E-state index >= 15 is 0 Å². The van der Waals surface area contributed by atoms with E-state index in [9.17, 15) is 8.42 Å². The van der Waals surface area contributed by atoms with E-state index < -0.39 is 10.9 Å². The maximum atomic E-state index is 10.1. The minimum absolute atomic E-state index is 0. The predicted molar refractivity (Wildman–Crippen MR) is 43.6 cm³/mol. The predicted octanol–water partition coefficient (Wildman–Crippen LogP) is -0.0898. The smallest absolute Gasteiger partial charge is 0.201 e. The summed E-state index contributed by atoms with van der Waals surface area (Å²) in [6, 6.07) is 0.131. The van der Waals surface area contributed by atoms with Crippen molar-refractivity contribution in [3.63, 3.8) is 0 Å². The Morgan fingerprint density at radius 1 is 1.30 bits per heavy atom. The summed E-state index contributed by atoms with van der Waals surface area (Å²) in [4.78, 5) is 0. The number of hydrogen-bond acceptors (Lipinski definition) is 2. The van der Waals surface area contributed by atoms with Crippen LogP contribution < -0.4 is 4.72 Å². The summed E-state index contributed by atoms with van der Waals surface area (Å²) in [5.41, 5.74) is 0. The first kappa shape index (κ1) is 13.5. The Labute approximate surface area is 86.0 Å². The summed E-state index contributed by atoms with van der Waals surface area (Å²) < 4.78 is 22.5. The fourth-order valence-corrected chi connectivity index (χ4v) is 1.28. The number of thiol groups is 1. The first-order chi connectivity index (χ1) is 4.20. The van der Waals surface area contributed by atoms with E-state index in [0.29, 0.717) is 0 Å². The van der Waals surface area contributed by atoms with Crippen molar-refractivity contribution in [2.75, 3.05) is 0 Å². The van der Waals surface area contributed by atoms with E-state index in [-0.39, 0.29) is 35.6 Å². The van der Waals surface area contributed by atoms with Crippen LogP contribution in [0.2, 0.25) is 0 Å². The van der Waals surface area contributed by atoms with Gasteiger partial charge in [-0.1, -0.05) is 13.8 Å². The zero-order valence-corrected chi connectivity index (χ0v) is 9.65. The zero-order valence-electron chi connectivity index (χ0n) is 6.76. The Kier molecular flexibility index (Phi) is 10.8. The monoisotopic (exact) mass is 174 g/mol. The van der Waals surface area contributed by atoms with Crippen molar-refractivity contribution in [1.82, 2.24) is 4.72 Å². The van der Waals surface area contributed by atoms with Gasteiger partial charge in [-0.05, 0) is 12.8 Å². The molecule has 5 heteroatoms. The summed E-state index contributed by atoms with van der Waals surface area (Å²) in [5, 5.41) is 0. The van der Waals surface area contributed by atoms with E-state index in [1.807, 2.05) is 13.8 Å². The van der Waals surface area contributed by atoms with Gasteiger partial charge in [-0.3, -0.25) is 0 Å². The number of rotatable bonds is 4. The van der Waals surface area contributed by atoms with Crippen molar-refractivity contribution in [3.05, 3.63) is 0 Å². The second-order valence-corrected chi connectivity index (χ2v) is 2.67. The molecule has 0 aliphatic carbocycles. The largest absolute Gasteiger partial charge is 0.216 e. The Hall–Kier alpha value is 0.910. The first-order valence-corrected chi connectivity index (χ1v) is 4.29. The molecule has 0 bridgehead atoms. The molecule has 0 aromatic carbocycles. The second-order valence-electron chi connectivity index (χ2n) is 1.90. The van der Waals surface area contributed by atoms with E-state index in [4.69, 9.17) is 0 Å². The van der Waals surface area contributed by atoms with Crippen molar-refractivity contribution in [2.24, 2.45) is 0 Å². The molecule has 0 fully saturated rings. The van der Waals surface area contributed by atoms with Crippen LogP contribution in [0, 0.1) is 0 Å². The maximum Gasteiger partial charge on any atom is 0.201 e. The molecule has 10 heavy (non-hydrogen) atoms. The van der Waals surface area contributed by atoms with Crippen molar-refractivity contribution >= 4 is 40.4 Å². The molecule has 0 rings (SSSR count). The van der Waals surface area contributed by atoms with E-state index in [2.05, 4.69) is 4.72 Å². The minimum atomic E-state index is -2.40. The molecular formula is C5H13NNaO2S. The molecule has 0 aromatic rings. The maximum absolute atomic E-state index is 10.1. The van der Waals surface area contributed by atoms with Crippen molar-refractivity contribution in [2.45, 2.75) is 32.7 Å².